The number of ether oxygens (including phenoxy) is 1. The molecule has 0 aromatic carbocycles. The molecular weight excluding hydrogens is 132 g/mol. The van der Waals surface area contributed by atoms with Gasteiger partial charge in [-0.2, -0.15) is 0 Å². The van der Waals surface area contributed by atoms with E-state index in [0.717, 1.165) is 12.8 Å². The molecule has 10 heavy (non-hydrogen) atoms. The van der Waals surface area contributed by atoms with Crippen LogP contribution in [0.3, 0.4) is 0 Å². The Bertz CT molecular complexity index is 135. The highest BCUT2D eigenvalue weighted by Gasteiger charge is 2.12. The van der Waals surface area contributed by atoms with Crippen molar-refractivity contribution in [3.8, 4) is 0 Å². The van der Waals surface area contributed by atoms with Gasteiger partial charge >= 0.3 is 5.97 Å². The number of carbonyl (C=O) groups excluding carboxylic acids is 2. The third-order valence-electron chi connectivity index (χ3n) is 1.45. The van der Waals surface area contributed by atoms with Crippen LogP contribution in [0.1, 0.15) is 25.7 Å². The van der Waals surface area contributed by atoms with Crippen molar-refractivity contribution in [1.82, 2.24) is 0 Å². The first kappa shape index (κ1) is 7.25. The van der Waals surface area contributed by atoms with E-state index in [1.54, 1.807) is 0 Å². The van der Waals surface area contributed by atoms with Gasteiger partial charge < -0.3 is 4.74 Å². The van der Waals surface area contributed by atoms with Gasteiger partial charge in [0.2, 0.25) is 0 Å². The molecule has 1 aliphatic heterocycles. The number of cyclic esters (lactones) is 1. The largest absolute Gasteiger partial charge is 0.465 e. The maximum Gasteiger partial charge on any atom is 0.313 e. The SMILES string of the molecule is O=C1CCCCOC(=O)C1. The number of esters is 1. The van der Waals surface area contributed by atoms with Crippen LogP contribution in [-0.2, 0) is 14.3 Å². The van der Waals surface area contributed by atoms with Crippen LogP contribution in [0.2, 0.25) is 0 Å². The van der Waals surface area contributed by atoms with Crippen molar-refractivity contribution < 1.29 is 14.3 Å². The first-order chi connectivity index (χ1) is 4.79. The first-order valence-electron chi connectivity index (χ1n) is 3.46. The Balaban J connectivity index is 2.40. The molecule has 0 spiro atoms. The van der Waals surface area contributed by atoms with Gasteiger partial charge in [0.1, 0.15) is 12.2 Å². The standard InChI is InChI=1S/C7H10O3/c8-6-3-1-2-4-10-7(9)5-6/h1-5H2. The molecule has 0 aromatic heterocycles. The number of hydrogen-bond donors (Lipinski definition) is 0. The fourth-order valence-electron chi connectivity index (χ4n) is 0.911. The van der Waals surface area contributed by atoms with Crippen LogP contribution in [0.4, 0.5) is 0 Å². The lowest BCUT2D eigenvalue weighted by Gasteiger charge is -2.07. The Labute approximate surface area is 59.4 Å². The molecule has 0 saturated carbocycles. The van der Waals surface area contributed by atoms with Crippen LogP contribution in [0.5, 0.6) is 0 Å². The molecule has 0 aliphatic carbocycles. The lowest BCUT2D eigenvalue weighted by Crippen LogP contribution is -2.15. The Morgan fingerprint density at radius 3 is 2.80 bits per heavy atom. The second-order valence-electron chi connectivity index (χ2n) is 2.39. The fourth-order valence-corrected chi connectivity index (χ4v) is 0.911. The second kappa shape index (κ2) is 3.34. The molecule has 3 heteroatoms. The third-order valence-corrected chi connectivity index (χ3v) is 1.45. The van der Waals surface area contributed by atoms with Gasteiger partial charge in [0.25, 0.3) is 0 Å². The number of ketones is 1. The van der Waals surface area contributed by atoms with Crippen molar-refractivity contribution >= 4 is 11.8 Å². The fraction of sp³-hybridized carbons (Fsp3) is 0.714. The van der Waals surface area contributed by atoms with E-state index in [9.17, 15) is 9.59 Å². The summed E-state index contributed by atoms with van der Waals surface area (Å²) in [6, 6.07) is 0. The van der Waals surface area contributed by atoms with Crippen molar-refractivity contribution in [2.24, 2.45) is 0 Å². The molecule has 1 heterocycles. The van der Waals surface area contributed by atoms with Crippen molar-refractivity contribution in [2.75, 3.05) is 6.61 Å². The maximum atomic E-state index is 10.7. The Kier molecular flexibility index (Phi) is 2.42. The molecular formula is C7H10O3. The van der Waals surface area contributed by atoms with Gasteiger partial charge in [-0.15, -0.1) is 0 Å². The summed E-state index contributed by atoms with van der Waals surface area (Å²) in [6.45, 7) is 0.478. The van der Waals surface area contributed by atoms with Crippen LogP contribution in [0.25, 0.3) is 0 Å². The molecule has 1 rings (SSSR count). The van der Waals surface area contributed by atoms with Crippen molar-refractivity contribution in [1.29, 1.82) is 0 Å². The molecule has 0 unspecified atom stereocenters. The Hall–Kier alpha value is -0.860. The Morgan fingerprint density at radius 1 is 1.20 bits per heavy atom. The lowest BCUT2D eigenvalue weighted by molar-refractivity contribution is -0.147. The molecule has 3 nitrogen and oxygen atoms in total. The van der Waals surface area contributed by atoms with Crippen molar-refractivity contribution in [3.63, 3.8) is 0 Å². The van der Waals surface area contributed by atoms with Crippen molar-refractivity contribution in [3.05, 3.63) is 0 Å². The smallest absolute Gasteiger partial charge is 0.313 e. The van der Waals surface area contributed by atoms with Crippen LogP contribution in [0, 0.1) is 0 Å². The van der Waals surface area contributed by atoms with E-state index in [4.69, 9.17) is 4.74 Å². The topological polar surface area (TPSA) is 43.4 Å². The summed E-state index contributed by atoms with van der Waals surface area (Å²) in [6.07, 6.45) is 2.18. The van der Waals surface area contributed by atoms with E-state index < -0.39 is 0 Å². The third kappa shape index (κ3) is 2.17. The molecule has 0 aromatic rings. The average molecular weight is 142 g/mol. The second-order valence-corrected chi connectivity index (χ2v) is 2.39. The van der Waals surface area contributed by atoms with Gasteiger partial charge in [-0.05, 0) is 12.8 Å². The monoisotopic (exact) mass is 142 g/mol. The highest BCUT2D eigenvalue weighted by atomic mass is 16.5. The van der Waals surface area contributed by atoms with Gasteiger partial charge in [-0.3, -0.25) is 9.59 Å². The molecule has 0 amide bonds. The highest BCUT2D eigenvalue weighted by molar-refractivity contribution is 5.95. The summed E-state index contributed by atoms with van der Waals surface area (Å²) in [5.74, 6) is -0.366. The van der Waals surface area contributed by atoms with E-state index in [1.807, 2.05) is 0 Å². The predicted molar refractivity (Wildman–Crippen MR) is 34.4 cm³/mol. The molecule has 0 bridgehead atoms. The minimum atomic E-state index is -0.371. The zero-order chi connectivity index (χ0) is 7.40. The highest BCUT2D eigenvalue weighted by Crippen LogP contribution is 2.05. The molecule has 0 radical (unpaired) electrons. The van der Waals surface area contributed by atoms with E-state index in [1.165, 1.54) is 0 Å². The van der Waals surface area contributed by atoms with Gasteiger partial charge in [0.15, 0.2) is 0 Å². The predicted octanol–water partition coefficient (Wildman–Crippen LogP) is 0.673. The molecule has 0 atom stereocenters. The van der Waals surface area contributed by atoms with Gasteiger partial charge in [-0.1, -0.05) is 0 Å². The summed E-state index contributed by atoms with van der Waals surface area (Å²) < 4.78 is 4.69. The Morgan fingerprint density at radius 2 is 2.00 bits per heavy atom. The quantitative estimate of drug-likeness (QED) is 0.369. The number of hydrogen-bond acceptors (Lipinski definition) is 3. The van der Waals surface area contributed by atoms with Gasteiger partial charge in [0.05, 0.1) is 6.61 Å². The van der Waals surface area contributed by atoms with E-state index >= 15 is 0 Å². The van der Waals surface area contributed by atoms with Crippen LogP contribution in [0.15, 0.2) is 0 Å². The lowest BCUT2D eigenvalue weighted by atomic mass is 10.1. The maximum absolute atomic E-state index is 10.7. The van der Waals surface area contributed by atoms with E-state index in [0.29, 0.717) is 13.0 Å². The van der Waals surface area contributed by atoms with Crippen molar-refractivity contribution in [2.45, 2.75) is 25.7 Å². The zero-order valence-corrected chi connectivity index (χ0v) is 5.76. The van der Waals surface area contributed by atoms with Gasteiger partial charge in [0, 0.05) is 6.42 Å². The zero-order valence-electron chi connectivity index (χ0n) is 5.76. The average Bonchev–Trinajstić information content (AvgIpc) is 1.83. The van der Waals surface area contributed by atoms with Crippen LogP contribution >= 0.6 is 0 Å². The normalized spacial score (nSPS) is 21.2. The first-order valence-corrected chi connectivity index (χ1v) is 3.46. The van der Waals surface area contributed by atoms with E-state index in [-0.39, 0.29) is 18.2 Å². The molecule has 0 N–H and O–H groups in total. The summed E-state index contributed by atoms with van der Waals surface area (Å²) in [7, 11) is 0. The summed E-state index contributed by atoms with van der Waals surface area (Å²) in [5.41, 5.74) is 0. The van der Waals surface area contributed by atoms with E-state index in [2.05, 4.69) is 0 Å². The minimum absolute atomic E-state index is 0.00435. The van der Waals surface area contributed by atoms with Crippen LogP contribution < -0.4 is 0 Å². The molecule has 56 valence electrons. The minimum Gasteiger partial charge on any atom is -0.465 e. The molecule has 1 fully saturated rings. The number of rotatable bonds is 0. The number of carbonyl (C=O) groups is 2. The number of Topliss-reactive ketones (excluding diaryl/α,β-unsaturated/α-hetero) is 1. The summed E-state index contributed by atoms with van der Waals surface area (Å²) >= 11 is 0. The molecule has 1 aliphatic rings. The van der Waals surface area contributed by atoms with Crippen LogP contribution in [-0.4, -0.2) is 18.4 Å². The van der Waals surface area contributed by atoms with Gasteiger partial charge in [-0.25, -0.2) is 0 Å². The summed E-state index contributed by atoms with van der Waals surface area (Å²) in [5, 5.41) is 0. The molecule has 1 saturated heterocycles. The summed E-state index contributed by atoms with van der Waals surface area (Å²) in [4.78, 5) is 21.3.